The van der Waals surface area contributed by atoms with Gasteiger partial charge in [0, 0.05) is 16.6 Å². The number of benzene rings is 1. The quantitative estimate of drug-likeness (QED) is 0.654. The Labute approximate surface area is 165 Å². The molecule has 26 heavy (non-hydrogen) atoms. The zero-order chi connectivity index (χ0) is 19.3. The third kappa shape index (κ3) is 5.35. The average molecular weight is 441 g/mol. The van der Waals surface area contributed by atoms with E-state index in [4.69, 9.17) is 4.74 Å². The van der Waals surface area contributed by atoms with Gasteiger partial charge >= 0.3 is 0 Å². The Morgan fingerprint density at radius 3 is 2.77 bits per heavy atom. The van der Waals surface area contributed by atoms with Crippen LogP contribution in [0, 0.1) is 5.92 Å². The zero-order valence-corrected chi connectivity index (χ0v) is 17.3. The molecule has 0 aliphatic carbocycles. The predicted molar refractivity (Wildman–Crippen MR) is 106 cm³/mol. The lowest BCUT2D eigenvalue weighted by Crippen LogP contribution is -2.40. The van der Waals surface area contributed by atoms with E-state index in [0.717, 1.165) is 21.1 Å². The number of ether oxygens (including phenoxy) is 1. The summed E-state index contributed by atoms with van der Waals surface area (Å²) in [5, 5.41) is 2.26. The molecule has 3 amide bonds. The molecule has 0 unspecified atom stereocenters. The second-order valence-electron chi connectivity index (χ2n) is 6.08. The third-order valence-corrected chi connectivity index (χ3v) is 4.84. The van der Waals surface area contributed by atoms with E-state index in [1.54, 1.807) is 12.1 Å². The van der Waals surface area contributed by atoms with E-state index in [1.165, 1.54) is 0 Å². The number of nitrogens with one attached hydrogen (secondary N) is 1. The molecule has 1 aliphatic rings. The summed E-state index contributed by atoms with van der Waals surface area (Å²) in [5.74, 6) is 0.0984. The van der Waals surface area contributed by atoms with E-state index in [2.05, 4.69) is 21.2 Å². The molecule has 1 heterocycles. The molecule has 1 aromatic rings. The van der Waals surface area contributed by atoms with Gasteiger partial charge < -0.3 is 10.1 Å². The lowest BCUT2D eigenvalue weighted by atomic mass is 10.2. The van der Waals surface area contributed by atoms with Crippen molar-refractivity contribution in [1.82, 2.24) is 10.2 Å². The standard InChI is InChI=1S/C18H21BrN2O4S/c1-4-25-14-6-5-13(19)7-12(14)8-15-17(23)21(18(24)26-15)10-16(22)20-9-11(2)3/h5-8,11H,4,9-10H2,1-3H3,(H,20,22)/b15-8-. The van der Waals surface area contributed by atoms with Crippen molar-refractivity contribution < 1.29 is 19.1 Å². The minimum absolute atomic E-state index is 0.269. The summed E-state index contributed by atoms with van der Waals surface area (Å²) in [6.07, 6.45) is 1.62. The van der Waals surface area contributed by atoms with Crippen LogP contribution in [0.15, 0.2) is 27.6 Å². The molecule has 0 saturated carbocycles. The Bertz CT molecular complexity index is 749. The van der Waals surface area contributed by atoms with Gasteiger partial charge in [-0.2, -0.15) is 0 Å². The molecule has 0 spiro atoms. The molecule has 0 bridgehead atoms. The van der Waals surface area contributed by atoms with Gasteiger partial charge in [-0.3, -0.25) is 19.3 Å². The first-order valence-electron chi connectivity index (χ1n) is 8.26. The smallest absolute Gasteiger partial charge is 0.294 e. The molecular weight excluding hydrogens is 420 g/mol. The SMILES string of the molecule is CCOc1ccc(Br)cc1/C=C1\SC(=O)N(CC(=O)NCC(C)C)C1=O. The van der Waals surface area contributed by atoms with Crippen LogP contribution in [0.2, 0.25) is 0 Å². The van der Waals surface area contributed by atoms with Gasteiger partial charge in [0.25, 0.3) is 11.1 Å². The van der Waals surface area contributed by atoms with Crippen LogP contribution in [-0.4, -0.2) is 41.6 Å². The van der Waals surface area contributed by atoms with Crippen molar-refractivity contribution >= 4 is 50.8 Å². The van der Waals surface area contributed by atoms with Gasteiger partial charge in [0.15, 0.2) is 0 Å². The van der Waals surface area contributed by atoms with Crippen LogP contribution in [0.5, 0.6) is 5.75 Å². The van der Waals surface area contributed by atoms with Crippen molar-refractivity contribution in [3.05, 3.63) is 33.1 Å². The van der Waals surface area contributed by atoms with Gasteiger partial charge in [0.2, 0.25) is 5.91 Å². The van der Waals surface area contributed by atoms with Crippen LogP contribution in [0.1, 0.15) is 26.3 Å². The van der Waals surface area contributed by atoms with E-state index < -0.39 is 11.1 Å². The molecule has 0 aromatic heterocycles. The number of hydrogen-bond acceptors (Lipinski definition) is 5. The fraction of sp³-hybridized carbons (Fsp3) is 0.389. The summed E-state index contributed by atoms with van der Waals surface area (Å²) >= 11 is 4.21. The maximum absolute atomic E-state index is 12.5. The van der Waals surface area contributed by atoms with Crippen molar-refractivity contribution in [2.24, 2.45) is 5.92 Å². The van der Waals surface area contributed by atoms with Gasteiger partial charge in [-0.1, -0.05) is 29.8 Å². The highest BCUT2D eigenvalue weighted by molar-refractivity contribution is 9.10. The minimum atomic E-state index is -0.470. The number of rotatable bonds is 7. The Balaban J connectivity index is 2.16. The summed E-state index contributed by atoms with van der Waals surface area (Å²) in [5.41, 5.74) is 0.691. The number of amides is 3. The highest BCUT2D eigenvalue weighted by Gasteiger charge is 2.36. The molecule has 6 nitrogen and oxygen atoms in total. The topological polar surface area (TPSA) is 75.7 Å². The second kappa shape index (κ2) is 9.23. The largest absolute Gasteiger partial charge is 0.493 e. The van der Waals surface area contributed by atoms with Crippen molar-refractivity contribution in [3.63, 3.8) is 0 Å². The van der Waals surface area contributed by atoms with Crippen molar-refractivity contribution in [2.45, 2.75) is 20.8 Å². The lowest BCUT2D eigenvalue weighted by Gasteiger charge is -2.13. The highest BCUT2D eigenvalue weighted by Crippen LogP contribution is 2.34. The van der Waals surface area contributed by atoms with E-state index >= 15 is 0 Å². The lowest BCUT2D eigenvalue weighted by molar-refractivity contribution is -0.129. The molecule has 2 rings (SSSR count). The van der Waals surface area contributed by atoms with Crippen LogP contribution in [0.25, 0.3) is 6.08 Å². The summed E-state index contributed by atoms with van der Waals surface area (Å²) in [4.78, 5) is 37.8. The predicted octanol–water partition coefficient (Wildman–Crippen LogP) is 3.66. The molecule has 1 saturated heterocycles. The summed E-state index contributed by atoms with van der Waals surface area (Å²) in [6, 6.07) is 5.45. The summed E-state index contributed by atoms with van der Waals surface area (Å²) in [7, 11) is 0. The van der Waals surface area contributed by atoms with Gasteiger partial charge in [-0.25, -0.2) is 0 Å². The maximum Gasteiger partial charge on any atom is 0.294 e. The molecule has 1 aliphatic heterocycles. The van der Waals surface area contributed by atoms with Gasteiger partial charge in [-0.05, 0) is 48.9 Å². The first-order valence-corrected chi connectivity index (χ1v) is 9.87. The Morgan fingerprint density at radius 2 is 2.12 bits per heavy atom. The Kier molecular flexibility index (Phi) is 7.28. The van der Waals surface area contributed by atoms with Gasteiger partial charge in [-0.15, -0.1) is 0 Å². The van der Waals surface area contributed by atoms with E-state index in [9.17, 15) is 14.4 Å². The number of carbonyl (C=O) groups is 3. The average Bonchev–Trinajstić information content (AvgIpc) is 2.83. The fourth-order valence-electron chi connectivity index (χ4n) is 2.21. The molecule has 1 aromatic carbocycles. The number of imide groups is 1. The van der Waals surface area contributed by atoms with Crippen molar-refractivity contribution in [2.75, 3.05) is 19.7 Å². The molecule has 0 radical (unpaired) electrons. The second-order valence-corrected chi connectivity index (χ2v) is 7.99. The Hall–Kier alpha value is -1.80. The number of carbonyl (C=O) groups excluding carboxylic acids is 3. The summed E-state index contributed by atoms with van der Waals surface area (Å²) < 4.78 is 6.39. The molecule has 1 fully saturated rings. The number of hydrogen-bond donors (Lipinski definition) is 1. The monoisotopic (exact) mass is 440 g/mol. The van der Waals surface area contributed by atoms with E-state index in [0.29, 0.717) is 30.4 Å². The van der Waals surface area contributed by atoms with Gasteiger partial charge in [0.05, 0.1) is 11.5 Å². The molecule has 140 valence electrons. The highest BCUT2D eigenvalue weighted by atomic mass is 79.9. The molecule has 1 N–H and O–H groups in total. The van der Waals surface area contributed by atoms with E-state index in [-0.39, 0.29) is 17.4 Å². The van der Waals surface area contributed by atoms with Crippen molar-refractivity contribution in [1.29, 1.82) is 0 Å². The number of nitrogens with zero attached hydrogens (tertiary/aromatic N) is 1. The molecule has 0 atom stereocenters. The number of halogens is 1. The minimum Gasteiger partial charge on any atom is -0.493 e. The van der Waals surface area contributed by atoms with Crippen LogP contribution in [0.4, 0.5) is 4.79 Å². The number of thioether (sulfide) groups is 1. The van der Waals surface area contributed by atoms with Crippen LogP contribution < -0.4 is 10.1 Å². The van der Waals surface area contributed by atoms with E-state index in [1.807, 2.05) is 32.9 Å². The first kappa shape index (κ1) is 20.5. The molecule has 8 heteroatoms. The maximum atomic E-state index is 12.5. The van der Waals surface area contributed by atoms with Crippen LogP contribution >= 0.6 is 27.7 Å². The summed E-state index contributed by atoms with van der Waals surface area (Å²) in [6.45, 7) is 6.52. The molecular formula is C18H21BrN2O4S. The van der Waals surface area contributed by atoms with Gasteiger partial charge in [0.1, 0.15) is 12.3 Å². The van der Waals surface area contributed by atoms with Crippen LogP contribution in [0.3, 0.4) is 0 Å². The zero-order valence-electron chi connectivity index (χ0n) is 14.9. The first-order chi connectivity index (χ1) is 12.3. The normalized spacial score (nSPS) is 15.9. The van der Waals surface area contributed by atoms with Crippen LogP contribution in [-0.2, 0) is 9.59 Å². The Morgan fingerprint density at radius 1 is 1.38 bits per heavy atom. The van der Waals surface area contributed by atoms with Crippen molar-refractivity contribution in [3.8, 4) is 5.75 Å². The third-order valence-electron chi connectivity index (χ3n) is 3.44. The fourth-order valence-corrected chi connectivity index (χ4v) is 3.42.